The maximum absolute atomic E-state index is 11.9. The van der Waals surface area contributed by atoms with Crippen LogP contribution in [0.5, 0.6) is 0 Å². The summed E-state index contributed by atoms with van der Waals surface area (Å²) in [5.74, 6) is -0.160. The van der Waals surface area contributed by atoms with Gasteiger partial charge in [-0.2, -0.15) is 0 Å². The summed E-state index contributed by atoms with van der Waals surface area (Å²) in [5.41, 5.74) is 0.388. The maximum Gasteiger partial charge on any atom is 0.324 e. The fourth-order valence-electron chi connectivity index (χ4n) is 1.48. The molecular formula is C9H10N2O4S. The summed E-state index contributed by atoms with van der Waals surface area (Å²) in [6, 6.07) is 1.32. The Labute approximate surface area is 95.6 Å². The third-order valence-electron chi connectivity index (χ3n) is 2.31. The Morgan fingerprint density at radius 1 is 1.50 bits per heavy atom. The molecule has 1 aromatic rings. The standard InChI is InChI=1S/C9H10N2O4S/c12-9(10-1-3-15-4-2-10)7-5-8(11(13)14)16-6-7/h5-6H,1-4H2. The molecule has 16 heavy (non-hydrogen) atoms. The molecule has 0 atom stereocenters. The zero-order valence-corrected chi connectivity index (χ0v) is 9.24. The molecule has 86 valence electrons. The first-order valence-electron chi connectivity index (χ1n) is 4.78. The second kappa shape index (κ2) is 4.58. The van der Waals surface area contributed by atoms with Gasteiger partial charge in [0.05, 0.1) is 23.7 Å². The van der Waals surface area contributed by atoms with Crippen molar-refractivity contribution in [2.45, 2.75) is 0 Å². The van der Waals surface area contributed by atoms with Gasteiger partial charge in [0.15, 0.2) is 0 Å². The van der Waals surface area contributed by atoms with Gasteiger partial charge in [0.25, 0.3) is 5.91 Å². The zero-order valence-electron chi connectivity index (χ0n) is 8.42. The van der Waals surface area contributed by atoms with Gasteiger partial charge in [0, 0.05) is 24.5 Å². The van der Waals surface area contributed by atoms with Crippen molar-refractivity contribution in [2.24, 2.45) is 0 Å². The molecule has 7 heteroatoms. The Morgan fingerprint density at radius 3 is 2.75 bits per heavy atom. The van der Waals surface area contributed by atoms with Gasteiger partial charge >= 0.3 is 5.00 Å². The zero-order chi connectivity index (χ0) is 11.5. The van der Waals surface area contributed by atoms with E-state index in [1.165, 1.54) is 11.4 Å². The van der Waals surface area contributed by atoms with Gasteiger partial charge in [-0.05, 0) is 0 Å². The number of carbonyl (C=O) groups is 1. The maximum atomic E-state index is 11.9. The van der Waals surface area contributed by atoms with E-state index < -0.39 is 4.92 Å². The van der Waals surface area contributed by atoms with E-state index in [1.54, 1.807) is 4.90 Å². The number of ether oxygens (including phenoxy) is 1. The molecule has 0 N–H and O–H groups in total. The molecule has 1 aromatic heterocycles. The number of hydrogen-bond acceptors (Lipinski definition) is 5. The summed E-state index contributed by atoms with van der Waals surface area (Å²) in [7, 11) is 0. The number of nitrogens with zero attached hydrogens (tertiary/aromatic N) is 2. The van der Waals surface area contributed by atoms with E-state index in [9.17, 15) is 14.9 Å². The molecule has 0 radical (unpaired) electrons. The lowest BCUT2D eigenvalue weighted by Gasteiger charge is -2.26. The SMILES string of the molecule is O=C(c1csc([N+](=O)[O-])c1)N1CCOCC1. The Morgan fingerprint density at radius 2 is 2.19 bits per heavy atom. The molecule has 0 saturated carbocycles. The highest BCUT2D eigenvalue weighted by Crippen LogP contribution is 2.23. The van der Waals surface area contributed by atoms with Gasteiger partial charge in [-0.3, -0.25) is 14.9 Å². The average molecular weight is 242 g/mol. The molecule has 1 saturated heterocycles. The summed E-state index contributed by atoms with van der Waals surface area (Å²) in [5, 5.41) is 12.0. The third kappa shape index (κ3) is 2.20. The Bertz CT molecular complexity index is 411. The molecule has 0 aliphatic carbocycles. The Kier molecular flexibility index (Phi) is 3.16. The van der Waals surface area contributed by atoms with Crippen LogP contribution < -0.4 is 0 Å². The van der Waals surface area contributed by atoms with E-state index in [1.807, 2.05) is 0 Å². The molecule has 1 amide bonds. The molecule has 0 spiro atoms. The topological polar surface area (TPSA) is 72.7 Å². The van der Waals surface area contributed by atoms with Crippen molar-refractivity contribution in [3.63, 3.8) is 0 Å². The Hall–Kier alpha value is -1.47. The minimum Gasteiger partial charge on any atom is -0.378 e. The lowest BCUT2D eigenvalue weighted by molar-refractivity contribution is -0.380. The van der Waals surface area contributed by atoms with Crippen LogP contribution in [0, 0.1) is 10.1 Å². The van der Waals surface area contributed by atoms with Gasteiger partial charge in [-0.1, -0.05) is 11.3 Å². The van der Waals surface area contributed by atoms with E-state index in [0.717, 1.165) is 11.3 Å². The summed E-state index contributed by atoms with van der Waals surface area (Å²) >= 11 is 0.972. The largest absolute Gasteiger partial charge is 0.378 e. The van der Waals surface area contributed by atoms with Crippen LogP contribution in [0.2, 0.25) is 0 Å². The molecule has 6 nitrogen and oxygen atoms in total. The van der Waals surface area contributed by atoms with Crippen LogP contribution in [0.4, 0.5) is 5.00 Å². The monoisotopic (exact) mass is 242 g/mol. The van der Waals surface area contributed by atoms with Crippen LogP contribution in [0.25, 0.3) is 0 Å². The number of amides is 1. The van der Waals surface area contributed by atoms with Gasteiger partial charge in [-0.15, -0.1) is 0 Å². The van der Waals surface area contributed by atoms with Crippen LogP contribution in [-0.4, -0.2) is 42.0 Å². The number of hydrogen-bond donors (Lipinski definition) is 0. The normalized spacial score (nSPS) is 16.1. The predicted octanol–water partition coefficient (Wildman–Crippen LogP) is 1.13. The first-order chi connectivity index (χ1) is 7.68. The fraction of sp³-hybridized carbons (Fsp3) is 0.444. The highest BCUT2D eigenvalue weighted by Gasteiger charge is 2.21. The van der Waals surface area contributed by atoms with Crippen molar-refractivity contribution in [3.8, 4) is 0 Å². The van der Waals surface area contributed by atoms with Gasteiger partial charge < -0.3 is 9.64 Å². The van der Waals surface area contributed by atoms with Crippen LogP contribution >= 0.6 is 11.3 Å². The molecular weight excluding hydrogens is 232 g/mol. The van der Waals surface area contributed by atoms with E-state index in [-0.39, 0.29) is 10.9 Å². The first-order valence-corrected chi connectivity index (χ1v) is 5.66. The summed E-state index contributed by atoms with van der Waals surface area (Å²) in [4.78, 5) is 23.5. The van der Waals surface area contributed by atoms with Gasteiger partial charge in [0.2, 0.25) is 0 Å². The van der Waals surface area contributed by atoms with Crippen LogP contribution in [0.1, 0.15) is 10.4 Å². The molecule has 2 rings (SSSR count). The number of thiophene rings is 1. The van der Waals surface area contributed by atoms with Gasteiger partial charge in [-0.25, -0.2) is 0 Å². The van der Waals surface area contributed by atoms with Crippen molar-refractivity contribution < 1.29 is 14.5 Å². The number of nitro groups is 1. The molecule has 0 aromatic carbocycles. The van der Waals surface area contributed by atoms with E-state index in [4.69, 9.17) is 4.74 Å². The molecule has 1 aliphatic heterocycles. The van der Waals surface area contributed by atoms with Crippen molar-refractivity contribution >= 4 is 22.2 Å². The molecule has 1 aliphatic rings. The third-order valence-corrected chi connectivity index (χ3v) is 3.19. The number of morpholine rings is 1. The Balaban J connectivity index is 2.10. The van der Waals surface area contributed by atoms with Crippen LogP contribution in [0.3, 0.4) is 0 Å². The quantitative estimate of drug-likeness (QED) is 0.575. The molecule has 0 bridgehead atoms. The second-order valence-electron chi connectivity index (χ2n) is 3.34. The lowest BCUT2D eigenvalue weighted by Crippen LogP contribution is -2.40. The van der Waals surface area contributed by atoms with Crippen LogP contribution in [0.15, 0.2) is 11.4 Å². The van der Waals surface area contributed by atoms with Crippen molar-refractivity contribution in [3.05, 3.63) is 27.1 Å². The summed E-state index contributed by atoms with van der Waals surface area (Å²) in [6.45, 7) is 2.14. The molecule has 1 fully saturated rings. The summed E-state index contributed by atoms with van der Waals surface area (Å²) < 4.78 is 5.13. The minimum atomic E-state index is -0.485. The lowest BCUT2D eigenvalue weighted by atomic mass is 10.2. The first kappa shape index (κ1) is 11.0. The minimum absolute atomic E-state index is 0.00314. The predicted molar refractivity (Wildman–Crippen MR) is 57.7 cm³/mol. The van der Waals surface area contributed by atoms with Crippen LogP contribution in [-0.2, 0) is 4.74 Å². The van der Waals surface area contributed by atoms with E-state index >= 15 is 0 Å². The van der Waals surface area contributed by atoms with Crippen molar-refractivity contribution in [2.75, 3.05) is 26.3 Å². The van der Waals surface area contributed by atoms with E-state index in [0.29, 0.717) is 31.9 Å². The van der Waals surface area contributed by atoms with E-state index in [2.05, 4.69) is 0 Å². The summed E-state index contributed by atoms with van der Waals surface area (Å²) in [6.07, 6.45) is 0. The number of rotatable bonds is 2. The highest BCUT2D eigenvalue weighted by molar-refractivity contribution is 7.13. The molecule has 0 unspecified atom stereocenters. The number of carbonyl (C=O) groups excluding carboxylic acids is 1. The molecule has 2 heterocycles. The van der Waals surface area contributed by atoms with Crippen molar-refractivity contribution in [1.82, 2.24) is 4.90 Å². The second-order valence-corrected chi connectivity index (χ2v) is 4.22. The average Bonchev–Trinajstić information content (AvgIpc) is 2.78. The fourth-order valence-corrected chi connectivity index (χ4v) is 2.18. The smallest absolute Gasteiger partial charge is 0.324 e. The highest BCUT2D eigenvalue weighted by atomic mass is 32.1. The van der Waals surface area contributed by atoms with Crippen molar-refractivity contribution in [1.29, 1.82) is 0 Å². The van der Waals surface area contributed by atoms with Gasteiger partial charge in [0.1, 0.15) is 0 Å².